The number of aromatic nitrogens is 1. The van der Waals surface area contributed by atoms with E-state index in [1.807, 2.05) is 0 Å². The predicted molar refractivity (Wildman–Crippen MR) is 78.9 cm³/mol. The Kier molecular flexibility index (Phi) is 4.40. The van der Waals surface area contributed by atoms with Gasteiger partial charge in [0.25, 0.3) is 5.56 Å². The molecule has 1 aromatic heterocycles. The minimum absolute atomic E-state index is 0.163. The summed E-state index contributed by atoms with van der Waals surface area (Å²) in [6.07, 6.45) is 1.50. The predicted octanol–water partition coefficient (Wildman–Crippen LogP) is 0.606. The lowest BCUT2D eigenvalue weighted by atomic mass is 10.0. The van der Waals surface area contributed by atoms with E-state index >= 15 is 0 Å². The Balaban J connectivity index is 2.31. The SMILES string of the molecule is CC(NCCS(N)(=O)=O)c1c[nH]c(=O)c2ccc(F)cc12. The van der Waals surface area contributed by atoms with Gasteiger partial charge in [-0.25, -0.2) is 17.9 Å². The van der Waals surface area contributed by atoms with Crippen LogP contribution < -0.4 is 16.0 Å². The second kappa shape index (κ2) is 5.92. The fourth-order valence-electron chi connectivity index (χ4n) is 2.14. The third-order valence-corrected chi connectivity index (χ3v) is 3.97. The first-order chi connectivity index (χ1) is 9.78. The minimum atomic E-state index is -3.54. The van der Waals surface area contributed by atoms with Crippen molar-refractivity contribution in [1.82, 2.24) is 10.3 Å². The van der Waals surface area contributed by atoms with Crippen molar-refractivity contribution in [2.75, 3.05) is 12.3 Å². The van der Waals surface area contributed by atoms with E-state index < -0.39 is 15.8 Å². The Morgan fingerprint density at radius 1 is 1.38 bits per heavy atom. The summed E-state index contributed by atoms with van der Waals surface area (Å²) in [6, 6.07) is 3.66. The second-order valence-electron chi connectivity index (χ2n) is 4.81. The third-order valence-electron chi connectivity index (χ3n) is 3.20. The lowest BCUT2D eigenvalue weighted by Crippen LogP contribution is -2.29. The van der Waals surface area contributed by atoms with Gasteiger partial charge in [-0.05, 0) is 36.1 Å². The van der Waals surface area contributed by atoms with Gasteiger partial charge in [-0.1, -0.05) is 0 Å². The molecule has 1 atom stereocenters. The van der Waals surface area contributed by atoms with Crippen LogP contribution in [-0.2, 0) is 10.0 Å². The third kappa shape index (κ3) is 3.87. The van der Waals surface area contributed by atoms with Gasteiger partial charge in [0.1, 0.15) is 5.82 Å². The molecule has 1 heterocycles. The topological polar surface area (TPSA) is 105 Å². The van der Waals surface area contributed by atoms with E-state index in [0.29, 0.717) is 16.3 Å². The molecule has 0 saturated carbocycles. The summed E-state index contributed by atoms with van der Waals surface area (Å²) in [5.41, 5.74) is 0.379. The summed E-state index contributed by atoms with van der Waals surface area (Å²) in [4.78, 5) is 14.3. The molecule has 0 radical (unpaired) electrons. The van der Waals surface area contributed by atoms with Crippen LogP contribution >= 0.6 is 0 Å². The number of H-pyrrole nitrogens is 1. The van der Waals surface area contributed by atoms with Crippen LogP contribution in [0.1, 0.15) is 18.5 Å². The Hall–Kier alpha value is -1.77. The minimum Gasteiger partial charge on any atom is -0.328 e. The van der Waals surface area contributed by atoms with Crippen molar-refractivity contribution in [2.45, 2.75) is 13.0 Å². The Labute approximate surface area is 121 Å². The fraction of sp³-hybridized carbons (Fsp3) is 0.308. The molecule has 0 amide bonds. The first-order valence-corrected chi connectivity index (χ1v) is 8.04. The van der Waals surface area contributed by atoms with Crippen LogP contribution in [0.25, 0.3) is 10.8 Å². The first-order valence-electron chi connectivity index (χ1n) is 6.32. The number of primary sulfonamides is 1. The van der Waals surface area contributed by atoms with Gasteiger partial charge in [0.15, 0.2) is 0 Å². The molecule has 2 rings (SSSR count). The normalized spacial score (nSPS) is 13.5. The van der Waals surface area contributed by atoms with Crippen molar-refractivity contribution in [3.8, 4) is 0 Å². The van der Waals surface area contributed by atoms with Gasteiger partial charge in [0, 0.05) is 24.2 Å². The molecule has 0 bridgehead atoms. The van der Waals surface area contributed by atoms with Gasteiger partial charge in [0.05, 0.1) is 5.75 Å². The number of benzene rings is 1. The number of hydrogen-bond acceptors (Lipinski definition) is 4. The number of hydrogen-bond donors (Lipinski definition) is 3. The Morgan fingerprint density at radius 3 is 2.76 bits per heavy atom. The van der Waals surface area contributed by atoms with Crippen molar-refractivity contribution in [1.29, 1.82) is 0 Å². The number of fused-ring (bicyclic) bond motifs is 1. The zero-order valence-corrected chi connectivity index (χ0v) is 12.2. The molecule has 8 heteroatoms. The number of pyridine rings is 1. The maximum Gasteiger partial charge on any atom is 0.255 e. The molecule has 0 aliphatic rings. The highest BCUT2D eigenvalue weighted by molar-refractivity contribution is 7.89. The number of aromatic amines is 1. The van der Waals surface area contributed by atoms with E-state index in [1.165, 1.54) is 24.4 Å². The van der Waals surface area contributed by atoms with Gasteiger partial charge in [-0.2, -0.15) is 0 Å². The zero-order valence-electron chi connectivity index (χ0n) is 11.4. The summed E-state index contributed by atoms with van der Waals surface area (Å²) in [5, 5.41) is 8.79. The number of nitrogens with one attached hydrogen (secondary N) is 2. The van der Waals surface area contributed by atoms with E-state index in [-0.39, 0.29) is 23.9 Å². The highest BCUT2D eigenvalue weighted by Gasteiger charge is 2.13. The average molecular weight is 313 g/mol. The van der Waals surface area contributed by atoms with Gasteiger partial charge in [-0.3, -0.25) is 4.79 Å². The molecular formula is C13H16FN3O3S. The lowest BCUT2D eigenvalue weighted by molar-refractivity contribution is 0.574. The molecule has 0 saturated heterocycles. The van der Waals surface area contributed by atoms with Crippen LogP contribution in [-0.4, -0.2) is 25.7 Å². The number of sulfonamides is 1. The van der Waals surface area contributed by atoms with Gasteiger partial charge in [0.2, 0.25) is 10.0 Å². The van der Waals surface area contributed by atoms with E-state index in [1.54, 1.807) is 6.92 Å². The van der Waals surface area contributed by atoms with Crippen molar-refractivity contribution in [3.05, 3.63) is 46.1 Å². The van der Waals surface area contributed by atoms with Gasteiger partial charge >= 0.3 is 0 Å². The molecule has 6 nitrogen and oxygen atoms in total. The second-order valence-corrected chi connectivity index (χ2v) is 6.54. The average Bonchev–Trinajstić information content (AvgIpc) is 2.37. The monoisotopic (exact) mass is 313 g/mol. The molecule has 0 spiro atoms. The van der Waals surface area contributed by atoms with Crippen LogP contribution in [0.2, 0.25) is 0 Å². The summed E-state index contributed by atoms with van der Waals surface area (Å²) in [7, 11) is -3.54. The molecular weight excluding hydrogens is 297 g/mol. The summed E-state index contributed by atoms with van der Waals surface area (Å²) >= 11 is 0. The molecule has 1 aromatic carbocycles. The smallest absolute Gasteiger partial charge is 0.255 e. The van der Waals surface area contributed by atoms with Gasteiger partial charge in [-0.15, -0.1) is 0 Å². The molecule has 4 N–H and O–H groups in total. The lowest BCUT2D eigenvalue weighted by Gasteiger charge is -2.16. The number of halogens is 1. The maximum atomic E-state index is 13.4. The Morgan fingerprint density at radius 2 is 2.10 bits per heavy atom. The molecule has 0 aliphatic carbocycles. The van der Waals surface area contributed by atoms with Crippen molar-refractivity contribution in [3.63, 3.8) is 0 Å². The highest BCUT2D eigenvalue weighted by Crippen LogP contribution is 2.21. The van der Waals surface area contributed by atoms with E-state index in [0.717, 1.165) is 0 Å². The van der Waals surface area contributed by atoms with Crippen molar-refractivity contribution in [2.24, 2.45) is 5.14 Å². The molecule has 2 aromatic rings. The molecule has 0 aliphatic heterocycles. The zero-order chi connectivity index (χ0) is 15.6. The first kappa shape index (κ1) is 15.6. The molecule has 114 valence electrons. The number of rotatable bonds is 5. The largest absolute Gasteiger partial charge is 0.328 e. The van der Waals surface area contributed by atoms with Crippen molar-refractivity contribution >= 4 is 20.8 Å². The molecule has 0 fully saturated rings. The van der Waals surface area contributed by atoms with Crippen LogP contribution in [0.3, 0.4) is 0 Å². The van der Waals surface area contributed by atoms with Crippen molar-refractivity contribution < 1.29 is 12.8 Å². The van der Waals surface area contributed by atoms with E-state index in [2.05, 4.69) is 10.3 Å². The summed E-state index contributed by atoms with van der Waals surface area (Å²) < 4.78 is 35.2. The van der Waals surface area contributed by atoms with Crippen LogP contribution in [0, 0.1) is 5.82 Å². The highest BCUT2D eigenvalue weighted by atomic mass is 32.2. The summed E-state index contributed by atoms with van der Waals surface area (Å²) in [5.74, 6) is -0.640. The van der Waals surface area contributed by atoms with E-state index in [4.69, 9.17) is 5.14 Å². The number of nitrogens with two attached hydrogens (primary N) is 1. The van der Waals surface area contributed by atoms with E-state index in [9.17, 15) is 17.6 Å². The fourth-order valence-corrected chi connectivity index (χ4v) is 2.54. The molecule has 1 unspecified atom stereocenters. The standard InChI is InChI=1S/C13H16FN3O3S/c1-8(16-4-5-21(15,19)20)12-7-17-13(18)10-3-2-9(14)6-11(10)12/h2-3,6-8,16H,4-5H2,1H3,(H,17,18)(H2,15,19,20). The van der Waals surface area contributed by atoms with Crippen LogP contribution in [0.15, 0.2) is 29.2 Å². The van der Waals surface area contributed by atoms with Crippen LogP contribution in [0.5, 0.6) is 0 Å². The molecule has 21 heavy (non-hydrogen) atoms. The summed E-state index contributed by atoms with van der Waals surface area (Å²) in [6.45, 7) is 1.96. The Bertz CT molecular complexity index is 817. The van der Waals surface area contributed by atoms with Crippen LogP contribution in [0.4, 0.5) is 4.39 Å². The maximum absolute atomic E-state index is 13.4. The quantitative estimate of drug-likeness (QED) is 0.752. The van der Waals surface area contributed by atoms with Gasteiger partial charge < -0.3 is 10.3 Å².